The third kappa shape index (κ3) is 5.46. The molecule has 13 aromatic rings. The minimum atomic E-state index is 1.11. The van der Waals surface area contributed by atoms with Gasteiger partial charge in [0.2, 0.25) is 0 Å². The van der Waals surface area contributed by atoms with Crippen LogP contribution in [0.3, 0.4) is 0 Å². The lowest BCUT2D eigenvalue weighted by molar-refractivity contribution is 1.11. The van der Waals surface area contributed by atoms with Gasteiger partial charge in [-0.2, -0.15) is 0 Å². The molecule has 3 nitrogen and oxygen atoms in total. The zero-order valence-electron chi connectivity index (χ0n) is 34.4. The van der Waals surface area contributed by atoms with Gasteiger partial charge in [0.25, 0.3) is 0 Å². The summed E-state index contributed by atoms with van der Waals surface area (Å²) < 4.78 is 7.53. The molecule has 63 heavy (non-hydrogen) atoms. The van der Waals surface area contributed by atoms with Crippen molar-refractivity contribution in [3.05, 3.63) is 237 Å². The molecule has 3 aromatic heterocycles. The summed E-state index contributed by atoms with van der Waals surface area (Å²) in [6.07, 6.45) is 0. The summed E-state index contributed by atoms with van der Waals surface area (Å²) in [4.78, 5) is 0. The maximum absolute atomic E-state index is 2.55. The van der Waals surface area contributed by atoms with Gasteiger partial charge >= 0.3 is 0 Å². The second kappa shape index (κ2) is 14.1. The van der Waals surface area contributed by atoms with Crippen LogP contribution in [0.2, 0.25) is 0 Å². The van der Waals surface area contributed by atoms with E-state index in [0.717, 1.165) is 28.1 Å². The van der Waals surface area contributed by atoms with Gasteiger partial charge in [-0.1, -0.05) is 176 Å². The smallest absolute Gasteiger partial charge is 0.0784 e. The fraction of sp³-hybridized carbons (Fsp3) is 0. The predicted octanol–water partition coefficient (Wildman–Crippen LogP) is 16.0. The maximum atomic E-state index is 2.55. The van der Waals surface area contributed by atoms with E-state index in [1.54, 1.807) is 0 Å². The van der Waals surface area contributed by atoms with Gasteiger partial charge in [0.15, 0.2) is 0 Å². The van der Waals surface area contributed by atoms with Crippen LogP contribution in [0, 0.1) is 0 Å². The number of hydrogen-bond acceptors (Lipinski definition) is 0. The lowest BCUT2D eigenvalue weighted by Gasteiger charge is -2.19. The Morgan fingerprint density at radius 2 is 0.651 bits per heavy atom. The molecule has 0 fully saturated rings. The van der Waals surface area contributed by atoms with Crippen molar-refractivity contribution in [2.75, 3.05) is 0 Å². The first-order valence-electron chi connectivity index (χ1n) is 21.7. The largest absolute Gasteiger partial charge is 0.309 e. The minimum absolute atomic E-state index is 1.11. The Kier molecular flexibility index (Phi) is 7.91. The van der Waals surface area contributed by atoms with Gasteiger partial charge in [-0.15, -0.1) is 0 Å². The molecule has 13 rings (SSSR count). The number of para-hydroxylation sites is 4. The van der Waals surface area contributed by atoms with E-state index in [1.807, 2.05) is 0 Å². The van der Waals surface area contributed by atoms with E-state index in [-0.39, 0.29) is 0 Å². The van der Waals surface area contributed by atoms with Gasteiger partial charge in [0.05, 0.1) is 44.5 Å². The second-order valence-corrected chi connectivity index (χ2v) is 16.5. The van der Waals surface area contributed by atoms with E-state index in [9.17, 15) is 0 Å². The molecule has 0 aliphatic carbocycles. The number of fused-ring (bicyclic) bond motifs is 9. The highest BCUT2D eigenvalue weighted by atomic mass is 15.1. The third-order valence-electron chi connectivity index (χ3n) is 13.0. The van der Waals surface area contributed by atoms with Crippen LogP contribution in [0.5, 0.6) is 0 Å². The summed E-state index contributed by atoms with van der Waals surface area (Å²) >= 11 is 0. The van der Waals surface area contributed by atoms with Crippen LogP contribution < -0.4 is 0 Å². The zero-order valence-corrected chi connectivity index (χ0v) is 34.4. The minimum Gasteiger partial charge on any atom is -0.309 e. The second-order valence-electron chi connectivity index (χ2n) is 16.5. The van der Waals surface area contributed by atoms with Crippen molar-refractivity contribution in [3.8, 4) is 50.4 Å². The molecule has 0 N–H and O–H groups in total. The van der Waals surface area contributed by atoms with Gasteiger partial charge in [-0.05, 0) is 88.5 Å². The third-order valence-corrected chi connectivity index (χ3v) is 13.0. The van der Waals surface area contributed by atoms with Gasteiger partial charge < -0.3 is 13.7 Å². The molecule has 0 radical (unpaired) electrons. The van der Waals surface area contributed by atoms with Crippen LogP contribution in [0.1, 0.15) is 0 Å². The van der Waals surface area contributed by atoms with Crippen molar-refractivity contribution in [1.29, 1.82) is 0 Å². The highest BCUT2D eigenvalue weighted by molar-refractivity contribution is 6.17. The van der Waals surface area contributed by atoms with Gasteiger partial charge in [0, 0.05) is 43.6 Å². The van der Waals surface area contributed by atoms with Crippen molar-refractivity contribution in [3.63, 3.8) is 0 Å². The molecule has 0 amide bonds. The highest BCUT2D eigenvalue weighted by Crippen LogP contribution is 2.45. The van der Waals surface area contributed by atoms with Crippen LogP contribution in [0.4, 0.5) is 0 Å². The maximum Gasteiger partial charge on any atom is 0.0784 e. The van der Waals surface area contributed by atoms with Crippen LogP contribution in [0.25, 0.3) is 116 Å². The SMILES string of the molecule is c1ccc(-c2ccc(-n3c4ccc(-c5ccccc5)cc4c4cc(-n5c6ccccc6c6ccccc65)cc(-n5c6ccccc6c6ccccc65)c43)c(-c3ccccc3)c2)cc1. The molecule has 294 valence electrons. The molecule has 0 bridgehead atoms. The first kappa shape index (κ1) is 35.4. The summed E-state index contributed by atoms with van der Waals surface area (Å²) in [6.45, 7) is 0. The topological polar surface area (TPSA) is 14.8 Å². The molecule has 0 saturated heterocycles. The van der Waals surface area contributed by atoms with E-state index < -0.39 is 0 Å². The highest BCUT2D eigenvalue weighted by Gasteiger charge is 2.25. The average molecular weight is 802 g/mol. The quantitative estimate of drug-likeness (QED) is 0.159. The molecule has 0 atom stereocenters. The van der Waals surface area contributed by atoms with E-state index in [2.05, 4.69) is 250 Å². The molecule has 0 aliphatic heterocycles. The van der Waals surface area contributed by atoms with Crippen molar-refractivity contribution in [1.82, 2.24) is 13.7 Å². The molecule has 3 heteroatoms. The molecule has 0 unspecified atom stereocenters. The molecular formula is C60H39N3. The summed E-state index contributed by atoms with van der Waals surface area (Å²) in [7, 11) is 0. The first-order chi connectivity index (χ1) is 31.3. The van der Waals surface area contributed by atoms with E-state index in [4.69, 9.17) is 0 Å². The molecule has 0 saturated carbocycles. The van der Waals surface area contributed by atoms with E-state index in [1.165, 1.54) is 87.8 Å². The zero-order chi connectivity index (χ0) is 41.4. The Balaban J connectivity index is 1.24. The number of nitrogens with zero attached hydrogens (tertiary/aromatic N) is 3. The van der Waals surface area contributed by atoms with Gasteiger partial charge in [0.1, 0.15) is 0 Å². The van der Waals surface area contributed by atoms with E-state index >= 15 is 0 Å². The molecule has 0 spiro atoms. The fourth-order valence-electron chi connectivity index (χ4n) is 10.2. The standard InChI is InChI=1S/C60H39N3/c1-4-18-40(19-5-1)43-32-34-57(50(36-43)42-22-8-3-9-23-42)63-58-35-33-44(41-20-6-2-7-21-41)37-51(58)52-38-45(61-53-28-14-10-24-46(53)47-25-11-15-29-54(47)61)39-59(60(52)63)62-55-30-16-12-26-48(55)49-27-13-17-31-56(49)62/h1-39H. The van der Waals surface area contributed by atoms with Crippen molar-refractivity contribution >= 4 is 65.4 Å². The summed E-state index contributed by atoms with van der Waals surface area (Å²) in [5.74, 6) is 0. The Hall–Kier alpha value is -8.40. The monoisotopic (exact) mass is 801 g/mol. The van der Waals surface area contributed by atoms with Crippen molar-refractivity contribution < 1.29 is 0 Å². The number of benzene rings is 10. The van der Waals surface area contributed by atoms with Crippen LogP contribution in [0.15, 0.2) is 237 Å². The summed E-state index contributed by atoms with van der Waals surface area (Å²) in [6, 6.07) is 86.7. The molecular weight excluding hydrogens is 763 g/mol. The number of rotatable bonds is 6. The summed E-state index contributed by atoms with van der Waals surface area (Å²) in [5.41, 5.74) is 17.5. The fourth-order valence-corrected chi connectivity index (χ4v) is 10.2. The average Bonchev–Trinajstić information content (AvgIpc) is 4.00. The van der Waals surface area contributed by atoms with Crippen LogP contribution in [-0.2, 0) is 0 Å². The Morgan fingerprint density at radius 3 is 1.19 bits per heavy atom. The van der Waals surface area contributed by atoms with Crippen LogP contribution >= 0.6 is 0 Å². The summed E-state index contributed by atoms with van der Waals surface area (Å²) in [5, 5.41) is 7.33. The van der Waals surface area contributed by atoms with Crippen molar-refractivity contribution in [2.24, 2.45) is 0 Å². The lowest BCUT2D eigenvalue weighted by Crippen LogP contribution is -2.04. The van der Waals surface area contributed by atoms with Crippen LogP contribution in [-0.4, -0.2) is 13.7 Å². The Labute approximate surface area is 364 Å². The van der Waals surface area contributed by atoms with Crippen molar-refractivity contribution in [2.45, 2.75) is 0 Å². The lowest BCUT2D eigenvalue weighted by atomic mass is 9.97. The normalized spacial score (nSPS) is 11.8. The number of hydrogen-bond donors (Lipinski definition) is 0. The van der Waals surface area contributed by atoms with E-state index in [0.29, 0.717) is 0 Å². The predicted molar refractivity (Wildman–Crippen MR) is 266 cm³/mol. The molecule has 3 heterocycles. The van der Waals surface area contributed by atoms with Gasteiger partial charge in [-0.3, -0.25) is 0 Å². The van der Waals surface area contributed by atoms with Gasteiger partial charge in [-0.25, -0.2) is 0 Å². The number of aromatic nitrogens is 3. The Bertz CT molecular complexity index is 3780. The molecule has 0 aliphatic rings. The Morgan fingerprint density at radius 1 is 0.222 bits per heavy atom. The molecule has 10 aromatic carbocycles. The first-order valence-corrected chi connectivity index (χ1v) is 21.7.